The van der Waals surface area contributed by atoms with Gasteiger partial charge in [0.25, 0.3) is 0 Å². The molecule has 0 aliphatic carbocycles. The summed E-state index contributed by atoms with van der Waals surface area (Å²) in [6, 6.07) is 12.0. The quantitative estimate of drug-likeness (QED) is 0.607. The molecule has 1 fully saturated rings. The van der Waals surface area contributed by atoms with Crippen LogP contribution >= 0.6 is 0 Å². The average molecular weight is 364 g/mol. The second-order valence-electron chi connectivity index (χ2n) is 6.81. The van der Waals surface area contributed by atoms with E-state index in [1.807, 2.05) is 37.3 Å². The zero-order valence-electron chi connectivity index (χ0n) is 16.0. The average Bonchev–Trinajstić information content (AvgIpc) is 3.33. The number of nitrogens with zero attached hydrogens (tertiary/aromatic N) is 3. The maximum atomic E-state index is 5.61. The van der Waals surface area contributed by atoms with Crippen LogP contribution in [-0.2, 0) is 0 Å². The van der Waals surface area contributed by atoms with E-state index in [9.17, 15) is 0 Å². The van der Waals surface area contributed by atoms with Crippen molar-refractivity contribution in [2.75, 3.05) is 32.2 Å². The molecule has 140 valence electrons. The van der Waals surface area contributed by atoms with Crippen molar-refractivity contribution >= 4 is 28.0 Å². The van der Waals surface area contributed by atoms with E-state index in [1.54, 1.807) is 14.2 Å². The summed E-state index contributed by atoms with van der Waals surface area (Å²) in [6.07, 6.45) is 2.40. The number of benzene rings is 2. The van der Waals surface area contributed by atoms with Crippen LogP contribution in [0.4, 0.5) is 17.1 Å². The predicted molar refractivity (Wildman–Crippen MR) is 108 cm³/mol. The third kappa shape index (κ3) is 3.47. The highest BCUT2D eigenvalue weighted by Gasteiger charge is 2.19. The molecule has 2 heterocycles. The molecule has 6 nitrogen and oxygen atoms in total. The Morgan fingerprint density at radius 3 is 2.44 bits per heavy atom. The number of fused-ring (bicyclic) bond motifs is 1. The smallest absolute Gasteiger partial charge is 0.148 e. The lowest BCUT2D eigenvalue weighted by Crippen LogP contribution is -2.18. The normalized spacial score (nSPS) is 14.4. The zero-order chi connectivity index (χ0) is 18.8. The number of anilines is 1. The van der Waals surface area contributed by atoms with Crippen molar-refractivity contribution in [1.82, 2.24) is 4.98 Å². The first-order valence-electron chi connectivity index (χ1n) is 9.20. The summed E-state index contributed by atoms with van der Waals surface area (Å²) in [5, 5.41) is 9.96. The van der Waals surface area contributed by atoms with E-state index in [-0.39, 0.29) is 0 Å². The van der Waals surface area contributed by atoms with E-state index >= 15 is 0 Å². The van der Waals surface area contributed by atoms with E-state index in [4.69, 9.17) is 9.47 Å². The van der Waals surface area contributed by atoms with Crippen LogP contribution in [0.15, 0.2) is 46.6 Å². The van der Waals surface area contributed by atoms with Crippen molar-refractivity contribution in [1.29, 1.82) is 0 Å². The van der Waals surface area contributed by atoms with Crippen molar-refractivity contribution in [2.45, 2.75) is 19.8 Å². The monoisotopic (exact) mass is 364 g/mol. The number of H-pyrrole nitrogens is 1. The molecule has 1 aliphatic heterocycles. The molecule has 1 aromatic heterocycles. The molecule has 1 saturated heterocycles. The number of aryl methyl sites for hydroxylation is 1. The first-order valence-corrected chi connectivity index (χ1v) is 9.20. The lowest BCUT2D eigenvalue weighted by molar-refractivity contribution is 0.404. The van der Waals surface area contributed by atoms with Gasteiger partial charge in [0.05, 0.1) is 25.6 Å². The van der Waals surface area contributed by atoms with Crippen molar-refractivity contribution in [3.8, 4) is 11.5 Å². The fraction of sp³-hybridized carbons (Fsp3) is 0.333. The summed E-state index contributed by atoms with van der Waals surface area (Å²) >= 11 is 0. The van der Waals surface area contributed by atoms with Gasteiger partial charge < -0.3 is 19.4 Å². The third-order valence-corrected chi connectivity index (χ3v) is 4.94. The van der Waals surface area contributed by atoms with Crippen LogP contribution in [-0.4, -0.2) is 32.3 Å². The van der Waals surface area contributed by atoms with Crippen LogP contribution in [0.3, 0.4) is 0 Å². The second kappa shape index (κ2) is 7.31. The maximum Gasteiger partial charge on any atom is 0.148 e. The van der Waals surface area contributed by atoms with Gasteiger partial charge in [0.1, 0.15) is 17.2 Å². The minimum absolute atomic E-state index is 0.655. The minimum Gasteiger partial charge on any atom is -0.494 e. The topological polar surface area (TPSA) is 62.2 Å². The van der Waals surface area contributed by atoms with Gasteiger partial charge in [-0.2, -0.15) is 5.11 Å². The summed E-state index contributed by atoms with van der Waals surface area (Å²) in [5.74, 6) is 1.49. The Morgan fingerprint density at radius 1 is 0.926 bits per heavy atom. The molecule has 27 heavy (non-hydrogen) atoms. The van der Waals surface area contributed by atoms with E-state index in [0.29, 0.717) is 11.4 Å². The van der Waals surface area contributed by atoms with E-state index in [1.165, 1.54) is 12.8 Å². The highest BCUT2D eigenvalue weighted by molar-refractivity contribution is 5.83. The van der Waals surface area contributed by atoms with Gasteiger partial charge >= 0.3 is 0 Å². The van der Waals surface area contributed by atoms with Crippen molar-refractivity contribution < 1.29 is 9.47 Å². The minimum atomic E-state index is 0.655. The van der Waals surface area contributed by atoms with Crippen LogP contribution in [0.5, 0.6) is 11.5 Å². The fourth-order valence-corrected chi connectivity index (χ4v) is 3.59. The fourth-order valence-electron chi connectivity index (χ4n) is 3.59. The number of methoxy groups -OCH3 is 2. The van der Waals surface area contributed by atoms with Gasteiger partial charge in [0.15, 0.2) is 0 Å². The Morgan fingerprint density at radius 2 is 1.70 bits per heavy atom. The van der Waals surface area contributed by atoms with Gasteiger partial charge in [0, 0.05) is 41.8 Å². The number of azo groups is 1. The van der Waals surface area contributed by atoms with Crippen LogP contribution in [0.1, 0.15) is 18.5 Å². The predicted octanol–water partition coefficient (Wildman–Crippen LogP) is 5.51. The van der Waals surface area contributed by atoms with E-state index in [0.717, 1.165) is 46.8 Å². The van der Waals surface area contributed by atoms with E-state index in [2.05, 4.69) is 26.2 Å². The zero-order valence-corrected chi connectivity index (χ0v) is 16.0. The molecule has 0 amide bonds. The number of ether oxygens (including phenoxy) is 2. The standard InChI is InChI=1S/C21H24N4O2/c1-14-10-15-11-16(6-7-17(15)22-14)23-24-18-12-21(27-3)19(13-20(18)26-2)25-8-4-5-9-25/h6-7,10-13,22H,4-5,8-9H2,1-3H3. The molecule has 6 heteroatoms. The van der Waals surface area contributed by atoms with Crippen LogP contribution in [0.25, 0.3) is 10.9 Å². The molecule has 0 atom stereocenters. The second-order valence-corrected chi connectivity index (χ2v) is 6.81. The molecule has 1 N–H and O–H groups in total. The van der Waals surface area contributed by atoms with Crippen LogP contribution in [0, 0.1) is 6.92 Å². The van der Waals surface area contributed by atoms with Gasteiger partial charge in [-0.25, -0.2) is 0 Å². The molecular formula is C21H24N4O2. The van der Waals surface area contributed by atoms with Crippen molar-refractivity contribution in [2.24, 2.45) is 10.2 Å². The van der Waals surface area contributed by atoms with Crippen LogP contribution < -0.4 is 14.4 Å². The number of nitrogens with one attached hydrogen (secondary N) is 1. The number of aromatic nitrogens is 1. The number of hydrogen-bond donors (Lipinski definition) is 1. The number of rotatable bonds is 5. The summed E-state index contributed by atoms with van der Waals surface area (Å²) < 4.78 is 11.2. The Kier molecular flexibility index (Phi) is 4.71. The van der Waals surface area contributed by atoms with Crippen molar-refractivity contribution in [3.63, 3.8) is 0 Å². The summed E-state index contributed by atoms with van der Waals surface area (Å²) in [5.41, 5.74) is 4.73. The Hall–Kier alpha value is -3.02. The molecule has 3 aromatic rings. The van der Waals surface area contributed by atoms with Gasteiger partial charge in [-0.1, -0.05) is 0 Å². The summed E-state index contributed by atoms with van der Waals surface area (Å²) in [7, 11) is 3.34. The first-order chi connectivity index (χ1) is 13.2. The molecule has 0 spiro atoms. The molecular weight excluding hydrogens is 340 g/mol. The molecule has 0 unspecified atom stereocenters. The Balaban J connectivity index is 1.67. The summed E-state index contributed by atoms with van der Waals surface area (Å²) in [6.45, 7) is 4.12. The first kappa shape index (κ1) is 17.4. The van der Waals surface area contributed by atoms with Gasteiger partial charge in [0.2, 0.25) is 0 Å². The van der Waals surface area contributed by atoms with Gasteiger partial charge in [-0.05, 0) is 44.0 Å². The molecule has 1 aliphatic rings. The highest BCUT2D eigenvalue weighted by Crippen LogP contribution is 2.41. The Labute approximate surface area is 158 Å². The third-order valence-electron chi connectivity index (χ3n) is 4.94. The molecule has 4 rings (SSSR count). The van der Waals surface area contributed by atoms with Gasteiger partial charge in [-0.15, -0.1) is 5.11 Å². The molecule has 0 bridgehead atoms. The summed E-state index contributed by atoms with van der Waals surface area (Å²) in [4.78, 5) is 5.64. The molecule has 0 radical (unpaired) electrons. The number of aromatic amines is 1. The lowest BCUT2D eigenvalue weighted by Gasteiger charge is -2.21. The SMILES string of the molecule is COc1cc(N2CCCC2)c(OC)cc1N=Nc1ccc2[nH]c(C)cc2c1. The lowest BCUT2D eigenvalue weighted by atomic mass is 10.2. The van der Waals surface area contributed by atoms with E-state index < -0.39 is 0 Å². The maximum absolute atomic E-state index is 5.61. The number of hydrogen-bond acceptors (Lipinski definition) is 5. The highest BCUT2D eigenvalue weighted by atomic mass is 16.5. The van der Waals surface area contributed by atoms with Crippen molar-refractivity contribution in [3.05, 3.63) is 42.1 Å². The van der Waals surface area contributed by atoms with Crippen LogP contribution in [0.2, 0.25) is 0 Å². The Bertz CT molecular complexity index is 987. The largest absolute Gasteiger partial charge is 0.494 e. The molecule has 0 saturated carbocycles. The molecule has 2 aromatic carbocycles. The van der Waals surface area contributed by atoms with Gasteiger partial charge in [-0.3, -0.25) is 0 Å².